The smallest absolute Gasteiger partial charge is 0.222 e. The summed E-state index contributed by atoms with van der Waals surface area (Å²) < 4.78 is 5.52. The topological polar surface area (TPSA) is 81.3 Å². The van der Waals surface area contributed by atoms with E-state index in [0.29, 0.717) is 17.5 Å². The van der Waals surface area contributed by atoms with Crippen molar-refractivity contribution >= 4 is 5.69 Å². The van der Waals surface area contributed by atoms with Crippen molar-refractivity contribution < 1.29 is 9.84 Å². The van der Waals surface area contributed by atoms with Crippen molar-refractivity contribution in [3.05, 3.63) is 35.8 Å². The highest BCUT2D eigenvalue weighted by molar-refractivity contribution is 5.62. The lowest BCUT2D eigenvalue weighted by atomic mass is 10.3. The summed E-state index contributed by atoms with van der Waals surface area (Å²) in [5, 5.41) is 9.45. The number of aromatic hydroxyl groups is 1. The Kier molecular flexibility index (Phi) is 2.82. The van der Waals surface area contributed by atoms with Gasteiger partial charge in [-0.25, -0.2) is 4.98 Å². The van der Waals surface area contributed by atoms with E-state index in [0.717, 1.165) is 5.69 Å². The molecule has 0 spiro atoms. The van der Waals surface area contributed by atoms with Gasteiger partial charge in [-0.05, 0) is 26.0 Å². The van der Waals surface area contributed by atoms with E-state index in [9.17, 15) is 5.11 Å². The second-order valence-electron chi connectivity index (χ2n) is 3.69. The molecule has 0 aliphatic heterocycles. The first-order chi connectivity index (χ1) is 8.06. The molecule has 1 heterocycles. The van der Waals surface area contributed by atoms with Crippen LogP contribution in [0.2, 0.25) is 0 Å². The lowest BCUT2D eigenvalue weighted by Crippen LogP contribution is -1.97. The Balaban J connectivity index is 2.34. The number of aryl methyl sites for hydroxylation is 2. The van der Waals surface area contributed by atoms with Gasteiger partial charge < -0.3 is 15.6 Å². The van der Waals surface area contributed by atoms with E-state index in [-0.39, 0.29) is 11.4 Å². The van der Waals surface area contributed by atoms with Gasteiger partial charge in [-0.2, -0.15) is 4.98 Å². The third kappa shape index (κ3) is 2.44. The second-order valence-corrected chi connectivity index (χ2v) is 3.69. The molecule has 0 atom stereocenters. The first kappa shape index (κ1) is 11.2. The van der Waals surface area contributed by atoms with Gasteiger partial charge in [0.25, 0.3) is 0 Å². The molecule has 2 rings (SSSR count). The van der Waals surface area contributed by atoms with Crippen molar-refractivity contribution in [1.29, 1.82) is 0 Å². The second kappa shape index (κ2) is 4.29. The summed E-state index contributed by atoms with van der Waals surface area (Å²) >= 11 is 0. The number of benzene rings is 1. The molecule has 1 aromatic heterocycles. The van der Waals surface area contributed by atoms with E-state index in [4.69, 9.17) is 10.5 Å². The number of ether oxygens (including phenoxy) is 1. The Morgan fingerprint density at radius 3 is 2.71 bits per heavy atom. The van der Waals surface area contributed by atoms with Gasteiger partial charge >= 0.3 is 0 Å². The van der Waals surface area contributed by atoms with Gasteiger partial charge in [-0.3, -0.25) is 0 Å². The number of phenols is 1. The van der Waals surface area contributed by atoms with Gasteiger partial charge in [0.05, 0.1) is 0 Å². The molecule has 0 saturated carbocycles. The Morgan fingerprint density at radius 2 is 2.00 bits per heavy atom. The van der Waals surface area contributed by atoms with Crippen LogP contribution >= 0.6 is 0 Å². The number of nitrogens with zero attached hydrogens (tertiary/aromatic N) is 2. The first-order valence-electron chi connectivity index (χ1n) is 5.14. The molecule has 0 fully saturated rings. The van der Waals surface area contributed by atoms with Crippen LogP contribution < -0.4 is 10.5 Å². The number of hydrogen-bond acceptors (Lipinski definition) is 5. The molecule has 2 aromatic rings. The van der Waals surface area contributed by atoms with Crippen LogP contribution in [0.3, 0.4) is 0 Å². The molecule has 0 amide bonds. The van der Waals surface area contributed by atoms with Gasteiger partial charge in [0.15, 0.2) is 5.75 Å². The average Bonchev–Trinajstić information content (AvgIpc) is 2.23. The molecule has 0 aliphatic rings. The minimum absolute atomic E-state index is 0.00926. The number of nitrogens with two attached hydrogens (primary N) is 1. The number of phenolic OH excluding ortho intramolecular Hbond substituents is 1. The van der Waals surface area contributed by atoms with Crippen LogP contribution in [0, 0.1) is 13.8 Å². The Hall–Kier alpha value is -2.30. The Labute approximate surface area is 98.9 Å². The first-order valence-corrected chi connectivity index (χ1v) is 5.14. The summed E-state index contributed by atoms with van der Waals surface area (Å²) in [4.78, 5) is 8.27. The minimum Gasteiger partial charge on any atom is -0.506 e. The maximum absolute atomic E-state index is 9.45. The number of aromatic nitrogens is 2. The fourth-order valence-electron chi connectivity index (χ4n) is 1.47. The Bertz CT molecular complexity index is 535. The van der Waals surface area contributed by atoms with Crippen LogP contribution in [-0.4, -0.2) is 15.1 Å². The summed E-state index contributed by atoms with van der Waals surface area (Å²) in [6.45, 7) is 3.64. The normalized spacial score (nSPS) is 10.2. The van der Waals surface area contributed by atoms with Crippen LogP contribution in [0.4, 0.5) is 5.69 Å². The molecule has 1 aromatic carbocycles. The van der Waals surface area contributed by atoms with Crippen LogP contribution in [0.25, 0.3) is 0 Å². The average molecular weight is 231 g/mol. The SMILES string of the molecule is Cc1cc(Oc2cccc(O)c2N)nc(C)n1. The fourth-order valence-corrected chi connectivity index (χ4v) is 1.47. The van der Waals surface area contributed by atoms with E-state index in [1.54, 1.807) is 25.1 Å². The maximum atomic E-state index is 9.45. The van der Waals surface area contributed by atoms with E-state index < -0.39 is 0 Å². The largest absolute Gasteiger partial charge is 0.506 e. The quantitative estimate of drug-likeness (QED) is 0.611. The molecule has 5 heteroatoms. The third-order valence-corrected chi connectivity index (χ3v) is 2.20. The highest BCUT2D eigenvalue weighted by Gasteiger charge is 2.07. The van der Waals surface area contributed by atoms with Gasteiger partial charge in [-0.15, -0.1) is 0 Å². The molecular weight excluding hydrogens is 218 g/mol. The maximum Gasteiger partial charge on any atom is 0.222 e. The third-order valence-electron chi connectivity index (χ3n) is 2.20. The standard InChI is InChI=1S/C12H13N3O2/c1-7-6-11(15-8(2)14-7)17-10-5-3-4-9(16)12(10)13/h3-6,16H,13H2,1-2H3. The number of nitrogen functional groups attached to an aromatic ring is 1. The van der Waals surface area contributed by atoms with Crippen LogP contribution in [0.5, 0.6) is 17.4 Å². The highest BCUT2D eigenvalue weighted by Crippen LogP contribution is 2.32. The molecule has 17 heavy (non-hydrogen) atoms. The van der Waals surface area contributed by atoms with E-state index in [1.807, 2.05) is 6.92 Å². The number of hydrogen-bond donors (Lipinski definition) is 2. The van der Waals surface area contributed by atoms with Gasteiger partial charge in [0.1, 0.15) is 17.3 Å². The zero-order chi connectivity index (χ0) is 12.4. The summed E-state index contributed by atoms with van der Waals surface area (Å²) in [5.74, 6) is 1.40. The van der Waals surface area contributed by atoms with Gasteiger partial charge in [0, 0.05) is 11.8 Å². The Morgan fingerprint density at radius 1 is 1.24 bits per heavy atom. The van der Waals surface area contributed by atoms with Gasteiger partial charge in [0.2, 0.25) is 5.88 Å². The summed E-state index contributed by atoms with van der Waals surface area (Å²) in [7, 11) is 0. The predicted octanol–water partition coefficient (Wildman–Crippen LogP) is 2.17. The molecule has 3 N–H and O–H groups in total. The van der Waals surface area contributed by atoms with Crippen molar-refractivity contribution in [2.24, 2.45) is 0 Å². The number of anilines is 1. The van der Waals surface area contributed by atoms with Crippen LogP contribution in [0.1, 0.15) is 11.5 Å². The minimum atomic E-state index is -0.00926. The molecular formula is C12H13N3O2. The zero-order valence-electron chi connectivity index (χ0n) is 9.64. The van der Waals surface area contributed by atoms with Crippen molar-refractivity contribution in [3.8, 4) is 17.4 Å². The predicted molar refractivity (Wildman–Crippen MR) is 64.1 cm³/mol. The molecule has 0 unspecified atom stereocenters. The molecule has 0 bridgehead atoms. The van der Waals surface area contributed by atoms with Crippen molar-refractivity contribution in [2.45, 2.75) is 13.8 Å². The van der Waals surface area contributed by atoms with Crippen molar-refractivity contribution in [2.75, 3.05) is 5.73 Å². The highest BCUT2D eigenvalue weighted by atomic mass is 16.5. The van der Waals surface area contributed by atoms with Gasteiger partial charge in [-0.1, -0.05) is 6.07 Å². The number of para-hydroxylation sites is 1. The van der Waals surface area contributed by atoms with E-state index >= 15 is 0 Å². The zero-order valence-corrected chi connectivity index (χ0v) is 9.64. The lowest BCUT2D eigenvalue weighted by molar-refractivity contribution is 0.447. The van der Waals surface area contributed by atoms with E-state index in [1.165, 1.54) is 6.07 Å². The molecule has 0 radical (unpaired) electrons. The van der Waals surface area contributed by atoms with Crippen molar-refractivity contribution in [3.63, 3.8) is 0 Å². The lowest BCUT2D eigenvalue weighted by Gasteiger charge is -2.09. The summed E-state index contributed by atoms with van der Waals surface area (Å²) in [6, 6.07) is 6.53. The number of rotatable bonds is 2. The monoisotopic (exact) mass is 231 g/mol. The molecule has 5 nitrogen and oxygen atoms in total. The van der Waals surface area contributed by atoms with Crippen LogP contribution in [0.15, 0.2) is 24.3 Å². The summed E-state index contributed by atoms with van der Waals surface area (Å²) in [5.41, 5.74) is 6.70. The molecule has 0 aliphatic carbocycles. The van der Waals surface area contributed by atoms with Crippen molar-refractivity contribution in [1.82, 2.24) is 9.97 Å². The van der Waals surface area contributed by atoms with Crippen LogP contribution in [-0.2, 0) is 0 Å². The fraction of sp³-hybridized carbons (Fsp3) is 0.167. The summed E-state index contributed by atoms with van der Waals surface area (Å²) in [6.07, 6.45) is 0. The van der Waals surface area contributed by atoms with E-state index in [2.05, 4.69) is 9.97 Å². The molecule has 0 saturated heterocycles. The molecule has 88 valence electrons.